The van der Waals surface area contributed by atoms with Crippen LogP contribution in [-0.4, -0.2) is 8.07 Å². The zero-order valence-electron chi connectivity index (χ0n) is 21.6. The fraction of sp³-hybridized carbons (Fsp3) is 0. The molecular formula is C36H24INOSi. The first-order valence-electron chi connectivity index (χ1n) is 13.5. The molecular weight excluding hydrogens is 617 g/mol. The van der Waals surface area contributed by atoms with Gasteiger partial charge in [-0.2, -0.15) is 0 Å². The third-order valence-electron chi connectivity index (χ3n) is 8.18. The van der Waals surface area contributed by atoms with Gasteiger partial charge < -0.3 is 9.32 Å². The molecule has 1 aliphatic rings. The summed E-state index contributed by atoms with van der Waals surface area (Å²) >= 11 is 2.38. The van der Waals surface area contributed by atoms with E-state index in [4.69, 9.17) is 4.42 Å². The Kier molecular flexibility index (Phi) is 5.47. The van der Waals surface area contributed by atoms with Crippen LogP contribution >= 0.6 is 22.6 Å². The maximum absolute atomic E-state index is 6.22. The summed E-state index contributed by atoms with van der Waals surface area (Å²) in [6.45, 7) is 0. The van der Waals surface area contributed by atoms with Gasteiger partial charge in [0.1, 0.15) is 11.2 Å². The maximum Gasteiger partial charge on any atom is 0.184 e. The second-order valence-corrected chi connectivity index (χ2v) is 15.3. The number of hydrogen-bond acceptors (Lipinski definition) is 2. The van der Waals surface area contributed by atoms with E-state index >= 15 is 0 Å². The SMILES string of the molecule is Ic1ccc2oc3ccc(N4c5ccccc5[Si](c5ccccc5)(c5ccccc5)c5ccccc54)cc3c2c1. The maximum atomic E-state index is 6.22. The van der Waals surface area contributed by atoms with Gasteiger partial charge in [-0.25, -0.2) is 0 Å². The van der Waals surface area contributed by atoms with Crippen molar-refractivity contribution in [1.29, 1.82) is 0 Å². The van der Waals surface area contributed by atoms with Gasteiger partial charge in [-0.3, -0.25) is 0 Å². The quantitative estimate of drug-likeness (QED) is 0.148. The minimum absolute atomic E-state index is 0.914. The van der Waals surface area contributed by atoms with Gasteiger partial charge >= 0.3 is 0 Å². The van der Waals surface area contributed by atoms with Gasteiger partial charge in [0.05, 0.1) is 0 Å². The minimum atomic E-state index is -2.60. The number of halogens is 1. The average molecular weight is 642 g/mol. The molecule has 1 aliphatic heterocycles. The van der Waals surface area contributed by atoms with Gasteiger partial charge in [0.2, 0.25) is 0 Å². The van der Waals surface area contributed by atoms with Crippen LogP contribution < -0.4 is 25.6 Å². The molecule has 2 nitrogen and oxygen atoms in total. The molecule has 0 atom stereocenters. The first-order chi connectivity index (χ1) is 19.7. The Morgan fingerprint density at radius 1 is 0.500 bits per heavy atom. The Hall–Kier alpha value is -4.13. The molecule has 0 saturated carbocycles. The van der Waals surface area contributed by atoms with Crippen LogP contribution in [0.5, 0.6) is 0 Å². The third kappa shape index (κ3) is 3.39. The monoisotopic (exact) mass is 641 g/mol. The van der Waals surface area contributed by atoms with Crippen molar-refractivity contribution in [3.05, 3.63) is 149 Å². The van der Waals surface area contributed by atoms with E-state index in [0.29, 0.717) is 0 Å². The molecule has 0 radical (unpaired) electrons. The van der Waals surface area contributed by atoms with Crippen molar-refractivity contribution in [3.8, 4) is 0 Å². The van der Waals surface area contributed by atoms with E-state index in [1.54, 1.807) is 0 Å². The number of fused-ring (bicyclic) bond motifs is 5. The number of benzene rings is 6. The topological polar surface area (TPSA) is 16.4 Å². The molecule has 6 aromatic carbocycles. The van der Waals surface area contributed by atoms with E-state index in [-0.39, 0.29) is 0 Å². The number of furan rings is 1. The smallest absolute Gasteiger partial charge is 0.184 e. The summed E-state index contributed by atoms with van der Waals surface area (Å²) in [7, 11) is -2.60. The molecule has 7 aromatic rings. The molecule has 8 rings (SSSR count). The zero-order chi connectivity index (χ0) is 26.7. The van der Waals surface area contributed by atoms with Gasteiger partial charge in [0.25, 0.3) is 0 Å². The van der Waals surface area contributed by atoms with E-state index < -0.39 is 8.07 Å². The van der Waals surface area contributed by atoms with E-state index in [0.717, 1.165) is 27.6 Å². The van der Waals surface area contributed by atoms with E-state index in [2.05, 4.69) is 173 Å². The summed E-state index contributed by atoms with van der Waals surface area (Å²) in [5.74, 6) is 0. The molecule has 0 bridgehead atoms. The predicted octanol–water partition coefficient (Wildman–Crippen LogP) is 7.35. The van der Waals surface area contributed by atoms with Gasteiger partial charge in [-0.05, 0) is 91.9 Å². The summed E-state index contributed by atoms with van der Waals surface area (Å²) in [4.78, 5) is 2.45. The minimum Gasteiger partial charge on any atom is -0.456 e. The first-order valence-corrected chi connectivity index (χ1v) is 16.5. The van der Waals surface area contributed by atoms with Crippen molar-refractivity contribution in [2.45, 2.75) is 0 Å². The van der Waals surface area contributed by atoms with Gasteiger partial charge in [0.15, 0.2) is 8.07 Å². The van der Waals surface area contributed by atoms with Crippen LogP contribution in [0.15, 0.2) is 150 Å². The fourth-order valence-electron chi connectivity index (χ4n) is 6.57. The van der Waals surface area contributed by atoms with E-state index in [9.17, 15) is 0 Å². The second kappa shape index (κ2) is 9.22. The van der Waals surface area contributed by atoms with Crippen molar-refractivity contribution in [2.24, 2.45) is 0 Å². The Labute approximate surface area is 247 Å². The summed E-state index contributed by atoms with van der Waals surface area (Å²) < 4.78 is 7.42. The molecule has 40 heavy (non-hydrogen) atoms. The van der Waals surface area contributed by atoms with Crippen LogP contribution in [0.4, 0.5) is 17.1 Å². The highest BCUT2D eigenvalue weighted by Crippen LogP contribution is 2.41. The van der Waals surface area contributed by atoms with E-state index in [1.807, 2.05) is 0 Å². The predicted molar refractivity (Wildman–Crippen MR) is 178 cm³/mol. The van der Waals surface area contributed by atoms with Crippen molar-refractivity contribution in [3.63, 3.8) is 0 Å². The van der Waals surface area contributed by atoms with Gasteiger partial charge in [0, 0.05) is 31.4 Å². The third-order valence-corrected chi connectivity index (χ3v) is 13.7. The normalized spacial score (nSPS) is 13.8. The Morgan fingerprint density at radius 3 is 1.60 bits per heavy atom. The lowest BCUT2D eigenvalue weighted by Crippen LogP contribution is -2.77. The Bertz CT molecular complexity index is 1940. The lowest BCUT2D eigenvalue weighted by Gasteiger charge is -2.45. The van der Waals surface area contributed by atoms with Gasteiger partial charge in [-0.15, -0.1) is 0 Å². The standard InChI is InChI=1S/C36H24INOSi/c37-25-19-21-33-29(23-25)30-24-26(20-22-34(30)39-33)38-31-15-7-9-17-35(31)40(27-11-3-1-4-12-27,28-13-5-2-6-14-28)36-18-10-8-16-32(36)38/h1-24H. The number of hydrogen-bond donors (Lipinski definition) is 0. The Morgan fingerprint density at radius 2 is 1.00 bits per heavy atom. The van der Waals surface area contributed by atoms with Crippen molar-refractivity contribution in [2.75, 3.05) is 4.90 Å². The van der Waals surface area contributed by atoms with Crippen LogP contribution in [0.2, 0.25) is 0 Å². The van der Waals surface area contributed by atoms with Crippen molar-refractivity contribution in [1.82, 2.24) is 0 Å². The van der Waals surface area contributed by atoms with Crippen molar-refractivity contribution < 1.29 is 4.42 Å². The lowest BCUT2D eigenvalue weighted by molar-refractivity contribution is 0.669. The summed E-state index contributed by atoms with van der Waals surface area (Å²) in [5.41, 5.74) is 5.45. The summed E-state index contributed by atoms with van der Waals surface area (Å²) in [6.07, 6.45) is 0. The zero-order valence-corrected chi connectivity index (χ0v) is 24.7. The van der Waals surface area contributed by atoms with Crippen LogP contribution in [-0.2, 0) is 0 Å². The van der Waals surface area contributed by atoms with Crippen LogP contribution in [0.3, 0.4) is 0 Å². The first kappa shape index (κ1) is 23.7. The number of rotatable bonds is 3. The number of nitrogens with zero attached hydrogens (tertiary/aromatic N) is 1. The van der Waals surface area contributed by atoms with E-state index in [1.165, 1.54) is 35.7 Å². The number of para-hydroxylation sites is 2. The molecule has 0 unspecified atom stereocenters. The largest absolute Gasteiger partial charge is 0.456 e. The van der Waals surface area contributed by atoms with Crippen LogP contribution in [0.25, 0.3) is 21.9 Å². The molecule has 0 saturated heterocycles. The lowest BCUT2D eigenvalue weighted by atomic mass is 10.1. The summed E-state index contributed by atoms with van der Waals surface area (Å²) in [5, 5.41) is 7.88. The molecule has 2 heterocycles. The fourth-order valence-corrected chi connectivity index (χ4v) is 12.2. The van der Waals surface area contributed by atoms with Crippen LogP contribution in [0.1, 0.15) is 0 Å². The van der Waals surface area contributed by atoms with Crippen LogP contribution in [0, 0.1) is 3.57 Å². The highest BCUT2D eigenvalue weighted by Gasteiger charge is 2.48. The molecule has 1 aromatic heterocycles. The second-order valence-electron chi connectivity index (χ2n) is 10.3. The summed E-state index contributed by atoms with van der Waals surface area (Å²) in [6, 6.07) is 53.3. The molecule has 0 N–H and O–H groups in total. The molecule has 0 spiro atoms. The molecule has 190 valence electrons. The van der Waals surface area contributed by atoms with Crippen molar-refractivity contribution >= 4 is 90.4 Å². The molecule has 0 fully saturated rings. The number of anilines is 3. The molecule has 0 aliphatic carbocycles. The molecule has 0 amide bonds. The highest BCUT2D eigenvalue weighted by atomic mass is 127. The Balaban J connectivity index is 1.46. The average Bonchev–Trinajstić information content (AvgIpc) is 3.38. The highest BCUT2D eigenvalue weighted by molar-refractivity contribution is 14.1. The molecule has 4 heteroatoms. The van der Waals surface area contributed by atoms with Gasteiger partial charge in [-0.1, -0.05) is 97.1 Å².